The quantitative estimate of drug-likeness (QED) is 0.809. The summed E-state index contributed by atoms with van der Waals surface area (Å²) < 4.78 is 5.34. The Morgan fingerprint density at radius 2 is 2.11 bits per heavy atom. The van der Waals surface area contributed by atoms with Gasteiger partial charge in [0.2, 0.25) is 0 Å². The van der Waals surface area contributed by atoms with Crippen LogP contribution < -0.4 is 10.1 Å². The summed E-state index contributed by atoms with van der Waals surface area (Å²) in [6, 6.07) is 8.01. The zero-order valence-corrected chi connectivity index (χ0v) is 11.8. The first-order valence-electron chi connectivity index (χ1n) is 6.52. The third-order valence-corrected chi connectivity index (χ3v) is 3.05. The van der Waals surface area contributed by atoms with Gasteiger partial charge in [0.1, 0.15) is 11.3 Å². The minimum Gasteiger partial charge on any atom is -0.494 e. The van der Waals surface area contributed by atoms with E-state index in [1.807, 2.05) is 24.4 Å². The van der Waals surface area contributed by atoms with E-state index in [0.717, 1.165) is 41.9 Å². The number of hydrogen-bond donors (Lipinski definition) is 1. The molecule has 0 aliphatic heterocycles. The maximum absolute atomic E-state index is 5.34. The van der Waals surface area contributed by atoms with Crippen molar-refractivity contribution in [3.8, 4) is 5.75 Å². The molecular weight excluding hydrogens is 238 g/mol. The van der Waals surface area contributed by atoms with E-state index < -0.39 is 0 Å². The number of ether oxygens (including phenoxy) is 1. The Bertz CT molecular complexity index is 540. The van der Waals surface area contributed by atoms with Gasteiger partial charge in [-0.15, -0.1) is 0 Å². The molecule has 0 radical (unpaired) electrons. The smallest absolute Gasteiger partial charge is 0.145 e. The zero-order valence-electron chi connectivity index (χ0n) is 11.8. The van der Waals surface area contributed by atoms with Crippen LogP contribution in [0.5, 0.6) is 5.75 Å². The van der Waals surface area contributed by atoms with Crippen LogP contribution in [-0.2, 0) is 0 Å². The van der Waals surface area contributed by atoms with Crippen molar-refractivity contribution in [2.75, 3.05) is 39.6 Å². The van der Waals surface area contributed by atoms with Gasteiger partial charge in [-0.25, -0.2) is 0 Å². The number of benzene rings is 1. The van der Waals surface area contributed by atoms with Crippen molar-refractivity contribution >= 4 is 16.6 Å². The molecule has 0 saturated heterocycles. The molecule has 0 fully saturated rings. The van der Waals surface area contributed by atoms with Crippen LogP contribution in [0.15, 0.2) is 30.5 Å². The van der Waals surface area contributed by atoms with Gasteiger partial charge in [0.15, 0.2) is 0 Å². The number of hydrogen-bond acceptors (Lipinski definition) is 4. The number of nitrogens with one attached hydrogen (secondary N) is 1. The molecule has 0 aliphatic rings. The maximum Gasteiger partial charge on any atom is 0.145 e. The van der Waals surface area contributed by atoms with E-state index in [-0.39, 0.29) is 0 Å². The van der Waals surface area contributed by atoms with Crippen molar-refractivity contribution in [1.29, 1.82) is 0 Å². The minimum atomic E-state index is 0.814. The van der Waals surface area contributed by atoms with Crippen LogP contribution in [0.2, 0.25) is 0 Å². The van der Waals surface area contributed by atoms with Gasteiger partial charge in [0, 0.05) is 23.8 Å². The number of anilines is 1. The lowest BCUT2D eigenvalue weighted by Crippen LogP contribution is -2.16. The van der Waals surface area contributed by atoms with Gasteiger partial charge < -0.3 is 15.0 Å². The molecule has 1 N–H and O–H groups in total. The lowest BCUT2D eigenvalue weighted by Gasteiger charge is -2.13. The molecule has 0 spiro atoms. The third-order valence-electron chi connectivity index (χ3n) is 3.05. The number of fused-ring (bicyclic) bond motifs is 1. The molecule has 0 bridgehead atoms. The molecule has 4 heteroatoms. The van der Waals surface area contributed by atoms with Crippen LogP contribution in [0, 0.1) is 0 Å². The predicted octanol–water partition coefficient (Wildman–Crippen LogP) is 2.61. The number of para-hydroxylation sites is 1. The molecule has 0 atom stereocenters. The summed E-state index contributed by atoms with van der Waals surface area (Å²) in [6.45, 7) is 2.04. The molecule has 0 unspecified atom stereocenters. The number of pyridine rings is 1. The second-order valence-corrected chi connectivity index (χ2v) is 4.80. The van der Waals surface area contributed by atoms with Crippen LogP contribution in [-0.4, -0.2) is 44.2 Å². The number of nitrogens with zero attached hydrogens (tertiary/aromatic N) is 2. The van der Waals surface area contributed by atoms with Crippen molar-refractivity contribution in [3.63, 3.8) is 0 Å². The molecule has 1 aromatic heterocycles. The van der Waals surface area contributed by atoms with E-state index in [0.29, 0.717) is 0 Å². The first-order valence-corrected chi connectivity index (χ1v) is 6.52. The number of rotatable bonds is 6. The van der Waals surface area contributed by atoms with Crippen LogP contribution in [0.3, 0.4) is 0 Å². The highest BCUT2D eigenvalue weighted by molar-refractivity contribution is 5.94. The summed E-state index contributed by atoms with van der Waals surface area (Å²) in [6.07, 6.45) is 2.93. The van der Waals surface area contributed by atoms with Gasteiger partial charge in [-0.1, -0.05) is 12.1 Å². The molecule has 0 amide bonds. The molecule has 1 aromatic carbocycles. The number of aromatic nitrogens is 1. The Hall–Kier alpha value is -1.81. The van der Waals surface area contributed by atoms with E-state index in [1.54, 1.807) is 7.11 Å². The molecule has 102 valence electrons. The highest BCUT2D eigenvalue weighted by Crippen LogP contribution is 2.28. The van der Waals surface area contributed by atoms with E-state index in [4.69, 9.17) is 4.74 Å². The van der Waals surface area contributed by atoms with Gasteiger partial charge in [-0.3, -0.25) is 4.98 Å². The first-order chi connectivity index (χ1) is 9.22. The summed E-state index contributed by atoms with van der Waals surface area (Å²) in [5.41, 5.74) is 2.02. The van der Waals surface area contributed by atoms with Gasteiger partial charge >= 0.3 is 0 Å². The summed E-state index contributed by atoms with van der Waals surface area (Å²) in [7, 11) is 5.85. The largest absolute Gasteiger partial charge is 0.494 e. The summed E-state index contributed by atoms with van der Waals surface area (Å²) in [5, 5.41) is 4.58. The van der Waals surface area contributed by atoms with Crippen LogP contribution in [0.1, 0.15) is 6.42 Å². The lowest BCUT2D eigenvalue weighted by molar-refractivity contribution is 0.405. The molecule has 2 rings (SSSR count). The summed E-state index contributed by atoms with van der Waals surface area (Å²) in [4.78, 5) is 6.59. The van der Waals surface area contributed by atoms with Crippen LogP contribution >= 0.6 is 0 Å². The molecule has 4 nitrogen and oxygen atoms in total. The topological polar surface area (TPSA) is 37.4 Å². The maximum atomic E-state index is 5.34. The van der Waals surface area contributed by atoms with Crippen LogP contribution in [0.25, 0.3) is 10.9 Å². The van der Waals surface area contributed by atoms with E-state index >= 15 is 0 Å². The zero-order chi connectivity index (χ0) is 13.7. The minimum absolute atomic E-state index is 0.814. The van der Waals surface area contributed by atoms with Crippen molar-refractivity contribution in [3.05, 3.63) is 30.5 Å². The van der Waals surface area contributed by atoms with E-state index in [9.17, 15) is 0 Å². The predicted molar refractivity (Wildman–Crippen MR) is 80.0 cm³/mol. The second kappa shape index (κ2) is 6.38. The van der Waals surface area contributed by atoms with Gasteiger partial charge in [-0.2, -0.15) is 0 Å². The standard InChI is InChI=1S/C15H21N3O/c1-18(2)11-5-9-16-13-8-10-17-15-12(13)6-4-7-14(15)19-3/h4,6-8,10H,5,9,11H2,1-3H3,(H,16,17). The third kappa shape index (κ3) is 3.35. The van der Waals surface area contributed by atoms with Crippen molar-refractivity contribution in [2.24, 2.45) is 0 Å². The molecular formula is C15H21N3O. The van der Waals surface area contributed by atoms with Crippen LogP contribution in [0.4, 0.5) is 5.69 Å². The Labute approximate surface area is 114 Å². The lowest BCUT2D eigenvalue weighted by atomic mass is 10.1. The average Bonchev–Trinajstić information content (AvgIpc) is 2.42. The van der Waals surface area contributed by atoms with E-state index in [2.05, 4.69) is 35.4 Å². The molecule has 0 aliphatic carbocycles. The normalized spacial score (nSPS) is 10.9. The van der Waals surface area contributed by atoms with E-state index in [1.165, 1.54) is 0 Å². The van der Waals surface area contributed by atoms with Gasteiger partial charge in [0.25, 0.3) is 0 Å². The van der Waals surface area contributed by atoms with Crippen molar-refractivity contribution in [2.45, 2.75) is 6.42 Å². The van der Waals surface area contributed by atoms with Crippen molar-refractivity contribution in [1.82, 2.24) is 9.88 Å². The molecule has 19 heavy (non-hydrogen) atoms. The van der Waals surface area contributed by atoms with Gasteiger partial charge in [-0.05, 0) is 39.2 Å². The fourth-order valence-corrected chi connectivity index (χ4v) is 2.09. The molecule has 1 heterocycles. The average molecular weight is 259 g/mol. The Morgan fingerprint density at radius 3 is 2.84 bits per heavy atom. The molecule has 0 saturated carbocycles. The monoisotopic (exact) mass is 259 g/mol. The van der Waals surface area contributed by atoms with Gasteiger partial charge in [0.05, 0.1) is 7.11 Å². The SMILES string of the molecule is COc1cccc2c(NCCCN(C)C)ccnc12. The fourth-order valence-electron chi connectivity index (χ4n) is 2.09. The fraction of sp³-hybridized carbons (Fsp3) is 0.400. The second-order valence-electron chi connectivity index (χ2n) is 4.80. The Morgan fingerprint density at radius 1 is 1.26 bits per heavy atom. The molecule has 2 aromatic rings. The first kappa shape index (κ1) is 13.6. The Balaban J connectivity index is 2.15. The summed E-state index contributed by atoms with van der Waals surface area (Å²) in [5.74, 6) is 0.814. The highest BCUT2D eigenvalue weighted by atomic mass is 16.5. The van der Waals surface area contributed by atoms with Crippen molar-refractivity contribution < 1.29 is 4.74 Å². The summed E-state index contributed by atoms with van der Waals surface area (Å²) >= 11 is 0. The number of methoxy groups -OCH3 is 1. The highest BCUT2D eigenvalue weighted by Gasteiger charge is 2.05. The Kier molecular flexibility index (Phi) is 4.58.